The lowest BCUT2D eigenvalue weighted by molar-refractivity contribution is 0.395. The average Bonchev–Trinajstić information content (AvgIpc) is 2.45. The van der Waals surface area contributed by atoms with Crippen molar-refractivity contribution in [3.05, 3.63) is 35.4 Å². The van der Waals surface area contributed by atoms with Gasteiger partial charge in [0.2, 0.25) is 5.95 Å². The molecule has 0 bridgehead atoms. The van der Waals surface area contributed by atoms with Crippen molar-refractivity contribution in [3.63, 3.8) is 0 Å². The molecule has 0 saturated carbocycles. The number of nitrogens with zero attached hydrogens (tertiary/aromatic N) is 1. The Morgan fingerprint density at radius 3 is 2.73 bits per heavy atom. The topological polar surface area (TPSA) is 57.2 Å². The summed E-state index contributed by atoms with van der Waals surface area (Å²) in [6.07, 6.45) is 4.24. The fraction of sp³-hybridized carbons (Fsp3) is 0.533. The molecule has 1 heterocycles. The van der Waals surface area contributed by atoms with Crippen molar-refractivity contribution >= 4 is 23.0 Å². The lowest BCUT2D eigenvalue weighted by Crippen LogP contribution is -2.41. The summed E-state index contributed by atoms with van der Waals surface area (Å²) in [7, 11) is 1.46. The second-order valence-electron chi connectivity index (χ2n) is 5.76. The molecule has 1 N–H and O–H groups in total. The Labute approximate surface area is 139 Å². The van der Waals surface area contributed by atoms with E-state index in [9.17, 15) is 8.94 Å². The highest BCUT2D eigenvalue weighted by molar-refractivity contribution is 7.90. The van der Waals surface area contributed by atoms with Crippen LogP contribution in [0.4, 0.5) is 4.39 Å². The number of hydrogen-bond donors (Lipinski definition) is 1. The van der Waals surface area contributed by atoms with Gasteiger partial charge in [-0.2, -0.15) is 4.39 Å². The molecule has 0 aliphatic heterocycles. The van der Waals surface area contributed by atoms with Crippen LogP contribution in [0.25, 0.3) is 0 Å². The molecule has 1 aromatic rings. The van der Waals surface area contributed by atoms with Gasteiger partial charge in [-0.1, -0.05) is 17.7 Å². The number of hydrogen-bond acceptors (Lipinski definition) is 4. The Balaban J connectivity index is 3.22. The summed E-state index contributed by atoms with van der Waals surface area (Å²) in [5.74, 6) is -0.414. The number of rotatable bonds is 7. The molecule has 0 radical (unpaired) electrons. The second-order valence-corrected chi connectivity index (χ2v) is 8.14. The molecule has 4 nitrogen and oxygen atoms in total. The summed E-state index contributed by atoms with van der Waals surface area (Å²) in [5, 5.41) is -0.119. The number of allylic oxidation sites excluding steroid dienone is 1. The lowest BCUT2D eigenvalue weighted by Gasteiger charge is -2.29. The van der Waals surface area contributed by atoms with Crippen LogP contribution in [0.2, 0.25) is 5.02 Å². The van der Waals surface area contributed by atoms with Crippen molar-refractivity contribution in [1.29, 1.82) is 0 Å². The molecule has 1 aromatic heterocycles. The fourth-order valence-electron chi connectivity index (χ4n) is 1.80. The van der Waals surface area contributed by atoms with E-state index in [2.05, 4.69) is 16.3 Å². The standard InChI is InChI=1S/C15H22ClFN2O2S/c1-6-7-8-10(19-22(20)15(2,3)4)12-11(21-5)9-18-14(17)13(12)16/h6,9-10,19H,1,7-8H2,2-5H3/t10-,22?/m0/s1. The molecule has 0 aliphatic carbocycles. The predicted molar refractivity (Wildman–Crippen MR) is 89.0 cm³/mol. The van der Waals surface area contributed by atoms with Crippen molar-refractivity contribution in [1.82, 2.24) is 9.71 Å². The van der Waals surface area contributed by atoms with Gasteiger partial charge in [0, 0.05) is 16.9 Å². The van der Waals surface area contributed by atoms with Crippen LogP contribution in [0.5, 0.6) is 5.75 Å². The normalized spacial score (nSPS) is 14.5. The third-order valence-electron chi connectivity index (χ3n) is 3.01. The molecule has 0 saturated heterocycles. The number of pyridine rings is 1. The first-order valence-corrected chi connectivity index (χ1v) is 8.42. The largest absolute Gasteiger partial charge is 0.598 e. The average molecular weight is 349 g/mol. The maximum absolute atomic E-state index is 13.7. The fourth-order valence-corrected chi connectivity index (χ4v) is 2.92. The van der Waals surface area contributed by atoms with E-state index in [0.29, 0.717) is 24.2 Å². The molecule has 124 valence electrons. The zero-order chi connectivity index (χ0) is 16.9. The maximum atomic E-state index is 13.7. The number of halogens is 2. The molecule has 0 aromatic carbocycles. The van der Waals surface area contributed by atoms with E-state index in [1.807, 2.05) is 20.8 Å². The first kappa shape index (κ1) is 19.2. The Morgan fingerprint density at radius 2 is 2.23 bits per heavy atom. The van der Waals surface area contributed by atoms with E-state index >= 15 is 0 Å². The summed E-state index contributed by atoms with van der Waals surface area (Å²) in [6, 6.07) is -0.432. The lowest BCUT2D eigenvalue weighted by atomic mass is 10.0. The summed E-state index contributed by atoms with van der Waals surface area (Å²) >= 11 is 4.73. The van der Waals surface area contributed by atoms with E-state index in [4.69, 9.17) is 16.3 Å². The Kier molecular flexibility index (Phi) is 7.12. The first-order valence-electron chi connectivity index (χ1n) is 6.89. The second kappa shape index (κ2) is 8.15. The summed E-state index contributed by atoms with van der Waals surface area (Å²) in [6.45, 7) is 9.24. The number of ether oxygens (including phenoxy) is 1. The number of aromatic nitrogens is 1. The van der Waals surface area contributed by atoms with Crippen molar-refractivity contribution in [3.8, 4) is 5.75 Å². The van der Waals surface area contributed by atoms with Gasteiger partial charge in [-0.3, -0.25) is 0 Å². The molecule has 0 aliphatic rings. The SMILES string of the molecule is C=CCC[C@H](N[S+]([O-])C(C)(C)C)c1c(OC)cnc(F)c1Cl. The maximum Gasteiger partial charge on any atom is 0.232 e. The molecule has 1 rings (SSSR count). The van der Waals surface area contributed by atoms with Gasteiger partial charge in [0.25, 0.3) is 0 Å². The number of methoxy groups -OCH3 is 1. The van der Waals surface area contributed by atoms with Crippen LogP contribution in [0.3, 0.4) is 0 Å². The van der Waals surface area contributed by atoms with Crippen molar-refractivity contribution in [2.75, 3.05) is 7.11 Å². The van der Waals surface area contributed by atoms with Crippen LogP contribution < -0.4 is 9.46 Å². The minimum Gasteiger partial charge on any atom is -0.598 e. The molecule has 22 heavy (non-hydrogen) atoms. The number of nitrogens with one attached hydrogen (secondary N) is 1. The van der Waals surface area contributed by atoms with E-state index < -0.39 is 28.1 Å². The smallest absolute Gasteiger partial charge is 0.232 e. The first-order chi connectivity index (χ1) is 10.2. The Bertz CT molecular complexity index is 523. The highest BCUT2D eigenvalue weighted by Gasteiger charge is 2.32. The Hall–Kier alpha value is -0.820. The van der Waals surface area contributed by atoms with Crippen LogP contribution in [0.1, 0.15) is 45.2 Å². The van der Waals surface area contributed by atoms with Gasteiger partial charge in [0.15, 0.2) is 0 Å². The monoisotopic (exact) mass is 348 g/mol. The van der Waals surface area contributed by atoms with E-state index in [0.717, 1.165) is 0 Å². The molecular weight excluding hydrogens is 327 g/mol. The van der Waals surface area contributed by atoms with Gasteiger partial charge >= 0.3 is 0 Å². The third-order valence-corrected chi connectivity index (χ3v) is 4.98. The van der Waals surface area contributed by atoms with E-state index in [1.165, 1.54) is 13.3 Å². The van der Waals surface area contributed by atoms with E-state index in [1.54, 1.807) is 6.08 Å². The predicted octanol–water partition coefficient (Wildman–Crippen LogP) is 3.94. The molecule has 1 unspecified atom stereocenters. The van der Waals surface area contributed by atoms with Gasteiger partial charge in [-0.15, -0.1) is 11.3 Å². The molecule has 0 amide bonds. The van der Waals surface area contributed by atoms with Gasteiger partial charge < -0.3 is 9.29 Å². The minimum atomic E-state index is -1.34. The molecule has 2 atom stereocenters. The van der Waals surface area contributed by atoms with Crippen molar-refractivity contribution in [2.24, 2.45) is 0 Å². The zero-order valence-electron chi connectivity index (χ0n) is 13.3. The van der Waals surface area contributed by atoms with Crippen LogP contribution in [-0.4, -0.2) is 21.4 Å². The summed E-state index contributed by atoms with van der Waals surface area (Å²) in [4.78, 5) is 3.55. The van der Waals surface area contributed by atoms with Crippen molar-refractivity contribution < 1.29 is 13.7 Å². The van der Waals surface area contributed by atoms with Gasteiger partial charge in [-0.25, -0.2) is 4.98 Å². The quantitative estimate of drug-likeness (QED) is 0.460. The highest BCUT2D eigenvalue weighted by atomic mass is 35.5. The third kappa shape index (κ3) is 4.84. The van der Waals surface area contributed by atoms with Gasteiger partial charge in [-0.05, 0) is 33.6 Å². The van der Waals surface area contributed by atoms with E-state index in [-0.39, 0.29) is 5.02 Å². The zero-order valence-corrected chi connectivity index (χ0v) is 14.9. The van der Waals surface area contributed by atoms with Crippen molar-refractivity contribution in [2.45, 2.75) is 44.4 Å². The minimum absolute atomic E-state index is 0.119. The molecule has 0 spiro atoms. The van der Waals surface area contributed by atoms with Gasteiger partial charge in [0.1, 0.15) is 15.5 Å². The summed E-state index contributed by atoms with van der Waals surface area (Å²) in [5.41, 5.74) is 0.427. The Morgan fingerprint density at radius 1 is 1.59 bits per heavy atom. The van der Waals surface area contributed by atoms with Crippen LogP contribution >= 0.6 is 11.6 Å². The molecule has 0 fully saturated rings. The molecule has 7 heteroatoms. The van der Waals surface area contributed by atoms with Crippen LogP contribution in [0.15, 0.2) is 18.9 Å². The highest BCUT2D eigenvalue weighted by Crippen LogP contribution is 2.36. The van der Waals surface area contributed by atoms with Crippen LogP contribution in [-0.2, 0) is 11.4 Å². The summed E-state index contributed by atoms with van der Waals surface area (Å²) < 4.78 is 33.9. The van der Waals surface area contributed by atoms with Gasteiger partial charge in [0.05, 0.1) is 19.3 Å². The molecular formula is C15H22ClFN2O2S. The van der Waals surface area contributed by atoms with Crippen LogP contribution in [0, 0.1) is 5.95 Å².